The van der Waals surface area contributed by atoms with E-state index in [9.17, 15) is 4.79 Å². The molecule has 2 aromatic carbocycles. The van der Waals surface area contributed by atoms with Crippen LogP contribution in [0.15, 0.2) is 60.7 Å². The molecule has 4 atom stereocenters. The molecule has 30 heavy (non-hydrogen) atoms. The van der Waals surface area contributed by atoms with E-state index in [1.165, 1.54) is 49.8 Å². The van der Waals surface area contributed by atoms with Crippen LogP contribution in [0.3, 0.4) is 0 Å². The lowest BCUT2D eigenvalue weighted by Crippen LogP contribution is -2.43. The second-order valence-corrected chi connectivity index (χ2v) is 9.73. The van der Waals surface area contributed by atoms with E-state index in [1.807, 2.05) is 0 Å². The Hall–Kier alpha value is -2.13. The largest absolute Gasteiger partial charge is 0.352 e. The summed E-state index contributed by atoms with van der Waals surface area (Å²) in [5.74, 6) is 2.15. The monoisotopic (exact) mass is 402 g/mol. The third-order valence-electron chi connectivity index (χ3n) is 7.82. The Bertz CT molecular complexity index is 830. The van der Waals surface area contributed by atoms with Crippen LogP contribution in [-0.2, 0) is 11.3 Å². The molecular formula is C27H34N2O. The fourth-order valence-corrected chi connectivity index (χ4v) is 6.37. The minimum atomic E-state index is 0.0228. The molecule has 3 aliphatic rings. The van der Waals surface area contributed by atoms with Crippen molar-refractivity contribution in [2.24, 2.45) is 17.8 Å². The number of hydrogen-bond acceptors (Lipinski definition) is 2. The van der Waals surface area contributed by atoms with Crippen molar-refractivity contribution >= 4 is 5.91 Å². The normalized spacial score (nSPS) is 27.8. The van der Waals surface area contributed by atoms with Gasteiger partial charge in [0.05, 0.1) is 5.92 Å². The first-order valence-electron chi connectivity index (χ1n) is 11.9. The zero-order valence-corrected chi connectivity index (χ0v) is 17.9. The molecule has 0 aromatic heterocycles. The van der Waals surface area contributed by atoms with Gasteiger partial charge in [-0.05, 0) is 54.6 Å². The Labute approximate surface area is 180 Å². The zero-order chi connectivity index (χ0) is 20.3. The van der Waals surface area contributed by atoms with Crippen LogP contribution in [0.25, 0.3) is 0 Å². The van der Waals surface area contributed by atoms with Gasteiger partial charge < -0.3 is 5.32 Å². The first-order chi connectivity index (χ1) is 14.8. The third kappa shape index (κ3) is 4.18. The summed E-state index contributed by atoms with van der Waals surface area (Å²) in [5.41, 5.74) is 2.59. The SMILES string of the molecule is O=C(NC1CCC2CN(Cc3ccccc3)CC21)C(c1ccccc1)C1CCCC1. The summed E-state index contributed by atoms with van der Waals surface area (Å²) in [6, 6.07) is 21.6. The van der Waals surface area contributed by atoms with Gasteiger partial charge in [0.2, 0.25) is 5.91 Å². The fraction of sp³-hybridized carbons (Fsp3) is 0.519. The van der Waals surface area contributed by atoms with Crippen molar-refractivity contribution < 1.29 is 4.79 Å². The second-order valence-electron chi connectivity index (χ2n) is 9.73. The molecule has 3 heteroatoms. The van der Waals surface area contributed by atoms with E-state index < -0.39 is 0 Å². The number of carbonyl (C=O) groups excluding carboxylic acids is 1. The quantitative estimate of drug-likeness (QED) is 0.738. The standard InChI is InChI=1S/C27H34N2O/c30-27(26(22-13-7-8-14-22)21-11-5-2-6-12-21)28-25-16-15-23-18-29(19-24(23)25)17-20-9-3-1-4-10-20/h1-6,9-12,22-26H,7-8,13-19H2,(H,28,30). The first-order valence-corrected chi connectivity index (χ1v) is 11.9. The highest BCUT2D eigenvalue weighted by Crippen LogP contribution is 2.41. The van der Waals surface area contributed by atoms with E-state index in [4.69, 9.17) is 0 Å². The van der Waals surface area contributed by atoms with Crippen LogP contribution in [0.1, 0.15) is 55.6 Å². The molecule has 3 nitrogen and oxygen atoms in total. The van der Waals surface area contributed by atoms with Gasteiger partial charge in [-0.2, -0.15) is 0 Å². The summed E-state index contributed by atoms with van der Waals surface area (Å²) in [7, 11) is 0. The molecule has 0 spiro atoms. The summed E-state index contributed by atoms with van der Waals surface area (Å²) in [5, 5.41) is 3.54. The van der Waals surface area contributed by atoms with E-state index in [0.29, 0.717) is 17.9 Å². The number of nitrogens with zero attached hydrogens (tertiary/aromatic N) is 1. The number of likely N-dealkylation sites (tertiary alicyclic amines) is 1. The molecule has 1 amide bonds. The highest BCUT2D eigenvalue weighted by molar-refractivity contribution is 5.84. The number of amides is 1. The molecule has 1 heterocycles. The Morgan fingerprint density at radius 3 is 2.33 bits per heavy atom. The minimum Gasteiger partial charge on any atom is -0.352 e. The third-order valence-corrected chi connectivity index (χ3v) is 7.82. The van der Waals surface area contributed by atoms with Gasteiger partial charge >= 0.3 is 0 Å². The van der Waals surface area contributed by atoms with Gasteiger partial charge in [0.25, 0.3) is 0 Å². The van der Waals surface area contributed by atoms with Gasteiger partial charge in [-0.1, -0.05) is 73.5 Å². The summed E-state index contributed by atoms with van der Waals surface area (Å²) in [6.07, 6.45) is 7.31. The summed E-state index contributed by atoms with van der Waals surface area (Å²) in [6.45, 7) is 3.32. The minimum absolute atomic E-state index is 0.0228. The van der Waals surface area contributed by atoms with Crippen LogP contribution in [-0.4, -0.2) is 29.9 Å². The molecule has 5 rings (SSSR count). The van der Waals surface area contributed by atoms with Crippen molar-refractivity contribution in [3.8, 4) is 0 Å². The highest BCUT2D eigenvalue weighted by atomic mass is 16.2. The van der Waals surface area contributed by atoms with Crippen molar-refractivity contribution in [2.75, 3.05) is 13.1 Å². The Morgan fingerprint density at radius 1 is 0.900 bits per heavy atom. The molecule has 158 valence electrons. The van der Waals surface area contributed by atoms with E-state index in [-0.39, 0.29) is 11.8 Å². The maximum atomic E-state index is 13.5. The molecule has 2 aromatic rings. The van der Waals surface area contributed by atoms with Crippen LogP contribution in [0.4, 0.5) is 0 Å². The Morgan fingerprint density at radius 2 is 1.60 bits per heavy atom. The maximum absolute atomic E-state index is 13.5. The molecule has 0 bridgehead atoms. The van der Waals surface area contributed by atoms with Crippen molar-refractivity contribution in [1.29, 1.82) is 0 Å². The maximum Gasteiger partial charge on any atom is 0.228 e. The molecule has 1 N–H and O–H groups in total. The Balaban J connectivity index is 1.25. The van der Waals surface area contributed by atoms with Crippen LogP contribution < -0.4 is 5.32 Å². The van der Waals surface area contributed by atoms with Crippen LogP contribution >= 0.6 is 0 Å². The van der Waals surface area contributed by atoms with Gasteiger partial charge in [-0.15, -0.1) is 0 Å². The van der Waals surface area contributed by atoms with E-state index in [1.54, 1.807) is 0 Å². The first kappa shape index (κ1) is 19.8. The van der Waals surface area contributed by atoms with E-state index in [2.05, 4.69) is 70.9 Å². The lowest BCUT2D eigenvalue weighted by atomic mass is 9.83. The lowest BCUT2D eigenvalue weighted by molar-refractivity contribution is -0.124. The predicted molar refractivity (Wildman–Crippen MR) is 121 cm³/mol. The topological polar surface area (TPSA) is 32.3 Å². The van der Waals surface area contributed by atoms with Gasteiger partial charge in [0.15, 0.2) is 0 Å². The Kier molecular flexibility index (Phi) is 5.90. The average Bonchev–Trinajstić information content (AvgIpc) is 3.50. The van der Waals surface area contributed by atoms with Crippen molar-refractivity contribution in [3.63, 3.8) is 0 Å². The second kappa shape index (κ2) is 8.93. The van der Waals surface area contributed by atoms with Crippen LogP contribution in [0.2, 0.25) is 0 Å². The van der Waals surface area contributed by atoms with E-state index >= 15 is 0 Å². The average molecular weight is 403 g/mol. The number of fused-ring (bicyclic) bond motifs is 1. The number of benzene rings is 2. The van der Waals surface area contributed by atoms with Gasteiger partial charge in [-0.3, -0.25) is 9.69 Å². The van der Waals surface area contributed by atoms with Gasteiger partial charge in [-0.25, -0.2) is 0 Å². The number of rotatable bonds is 6. The molecule has 0 radical (unpaired) electrons. The van der Waals surface area contributed by atoms with Crippen LogP contribution in [0, 0.1) is 17.8 Å². The van der Waals surface area contributed by atoms with Gasteiger partial charge in [0, 0.05) is 25.7 Å². The highest BCUT2D eigenvalue weighted by Gasteiger charge is 2.44. The zero-order valence-electron chi connectivity index (χ0n) is 17.9. The van der Waals surface area contributed by atoms with E-state index in [0.717, 1.165) is 25.4 Å². The molecular weight excluding hydrogens is 368 g/mol. The van der Waals surface area contributed by atoms with Crippen LogP contribution in [0.5, 0.6) is 0 Å². The number of nitrogens with one attached hydrogen (secondary N) is 1. The number of hydrogen-bond donors (Lipinski definition) is 1. The molecule has 4 unspecified atom stereocenters. The predicted octanol–water partition coefficient (Wildman–Crippen LogP) is 4.99. The lowest BCUT2D eigenvalue weighted by Gasteiger charge is -2.27. The summed E-state index contributed by atoms with van der Waals surface area (Å²) < 4.78 is 0. The molecule has 2 aliphatic carbocycles. The molecule has 2 saturated carbocycles. The molecule has 3 fully saturated rings. The number of carbonyl (C=O) groups is 1. The van der Waals surface area contributed by atoms with Crippen molar-refractivity contribution in [1.82, 2.24) is 10.2 Å². The molecule has 1 aliphatic heterocycles. The summed E-state index contributed by atoms with van der Waals surface area (Å²) >= 11 is 0. The fourth-order valence-electron chi connectivity index (χ4n) is 6.37. The smallest absolute Gasteiger partial charge is 0.228 e. The molecule has 1 saturated heterocycles. The van der Waals surface area contributed by atoms with Crippen molar-refractivity contribution in [2.45, 2.75) is 57.0 Å². The summed E-state index contributed by atoms with van der Waals surface area (Å²) in [4.78, 5) is 16.1. The van der Waals surface area contributed by atoms with Gasteiger partial charge in [0.1, 0.15) is 0 Å². The van der Waals surface area contributed by atoms with Crippen molar-refractivity contribution in [3.05, 3.63) is 71.8 Å².